The van der Waals surface area contributed by atoms with Gasteiger partial charge in [-0.2, -0.15) is 0 Å². The molecule has 0 aliphatic heterocycles. The molecular formula is C22H28N2O3. The summed E-state index contributed by atoms with van der Waals surface area (Å²) in [6.07, 6.45) is 3.25. The molecule has 2 rings (SSSR count). The number of likely N-dealkylation sites (N-methyl/N-ethyl adjacent to an activating group) is 1. The van der Waals surface area contributed by atoms with Crippen LogP contribution < -0.4 is 10.1 Å². The molecule has 0 aliphatic carbocycles. The Morgan fingerprint density at radius 2 is 1.74 bits per heavy atom. The zero-order valence-electron chi connectivity index (χ0n) is 16.3. The molecule has 0 saturated heterocycles. The van der Waals surface area contributed by atoms with Gasteiger partial charge in [-0.1, -0.05) is 61.0 Å². The van der Waals surface area contributed by atoms with E-state index in [0.717, 1.165) is 30.6 Å². The van der Waals surface area contributed by atoms with Crippen LogP contribution in [0.2, 0.25) is 0 Å². The van der Waals surface area contributed by atoms with Crippen LogP contribution in [0.1, 0.15) is 43.4 Å². The summed E-state index contributed by atoms with van der Waals surface area (Å²) in [4.78, 5) is 17.3. The molecule has 0 spiro atoms. The summed E-state index contributed by atoms with van der Waals surface area (Å²) in [7, 11) is 1.43. The fourth-order valence-corrected chi connectivity index (χ4v) is 2.80. The van der Waals surface area contributed by atoms with Gasteiger partial charge in [-0.25, -0.2) is 0 Å². The van der Waals surface area contributed by atoms with Crippen LogP contribution in [0.5, 0.6) is 5.75 Å². The molecule has 0 fully saturated rings. The Bertz CT molecular complexity index is 772. The van der Waals surface area contributed by atoms with Gasteiger partial charge in [-0.15, -0.1) is 0 Å². The van der Waals surface area contributed by atoms with Crippen LogP contribution in [-0.2, 0) is 22.7 Å². The minimum Gasteiger partial charge on any atom is -0.489 e. The maximum Gasteiger partial charge on any atom is 0.273 e. The fourth-order valence-electron chi connectivity index (χ4n) is 2.80. The number of carbonyl (C=O) groups is 1. The maximum atomic E-state index is 12.4. The zero-order chi connectivity index (χ0) is 19.5. The molecule has 0 unspecified atom stereocenters. The molecule has 144 valence electrons. The fraction of sp³-hybridized carbons (Fsp3) is 0.364. The highest BCUT2D eigenvalue weighted by Crippen LogP contribution is 2.22. The van der Waals surface area contributed by atoms with Gasteiger partial charge in [0.05, 0.1) is 0 Å². The highest BCUT2D eigenvalue weighted by Gasteiger charge is 2.18. The first-order valence-corrected chi connectivity index (χ1v) is 9.39. The number of unbranched alkanes of at least 4 members (excludes halogenated alkanes) is 1. The van der Waals surface area contributed by atoms with E-state index in [1.54, 1.807) is 0 Å². The third-order valence-electron chi connectivity index (χ3n) is 4.16. The van der Waals surface area contributed by atoms with E-state index in [9.17, 15) is 4.79 Å². The molecule has 27 heavy (non-hydrogen) atoms. The molecule has 0 atom stereocenters. The van der Waals surface area contributed by atoms with Crippen LogP contribution in [-0.4, -0.2) is 25.3 Å². The average Bonchev–Trinajstić information content (AvgIpc) is 2.70. The second-order valence-electron chi connectivity index (χ2n) is 6.14. The number of benzene rings is 2. The van der Waals surface area contributed by atoms with Crippen molar-refractivity contribution in [2.45, 2.75) is 39.7 Å². The quantitative estimate of drug-likeness (QED) is 0.507. The van der Waals surface area contributed by atoms with Crippen LogP contribution in [0.3, 0.4) is 0 Å². The first kappa shape index (κ1) is 20.5. The zero-order valence-corrected chi connectivity index (χ0v) is 16.3. The molecule has 0 heterocycles. The highest BCUT2D eigenvalue weighted by atomic mass is 16.6. The van der Waals surface area contributed by atoms with Gasteiger partial charge < -0.3 is 14.9 Å². The van der Waals surface area contributed by atoms with Crippen molar-refractivity contribution in [3.05, 3.63) is 65.2 Å². The van der Waals surface area contributed by atoms with Crippen molar-refractivity contribution in [2.75, 3.05) is 13.7 Å². The first-order chi connectivity index (χ1) is 13.2. The topological polar surface area (TPSA) is 59.9 Å². The molecule has 0 bridgehead atoms. The van der Waals surface area contributed by atoms with Gasteiger partial charge in [0.2, 0.25) is 0 Å². The Balaban J connectivity index is 2.24. The van der Waals surface area contributed by atoms with Crippen LogP contribution in [0.25, 0.3) is 0 Å². The lowest BCUT2D eigenvalue weighted by atomic mass is 10.0. The molecular weight excluding hydrogens is 340 g/mol. The van der Waals surface area contributed by atoms with E-state index in [0.29, 0.717) is 18.7 Å². The van der Waals surface area contributed by atoms with Gasteiger partial charge in [-0.05, 0) is 37.0 Å². The van der Waals surface area contributed by atoms with E-state index in [-0.39, 0.29) is 11.6 Å². The van der Waals surface area contributed by atoms with E-state index in [4.69, 9.17) is 9.57 Å². The normalized spacial score (nSPS) is 11.1. The van der Waals surface area contributed by atoms with Crippen molar-refractivity contribution >= 4 is 11.6 Å². The summed E-state index contributed by atoms with van der Waals surface area (Å²) in [6.45, 7) is 4.91. The Labute approximate surface area is 161 Å². The second kappa shape index (κ2) is 11.0. The molecule has 2 aromatic carbocycles. The third kappa shape index (κ3) is 5.84. The summed E-state index contributed by atoms with van der Waals surface area (Å²) in [6, 6.07) is 15.7. The van der Waals surface area contributed by atoms with E-state index in [2.05, 4.69) is 23.5 Å². The summed E-state index contributed by atoms with van der Waals surface area (Å²) in [5.74, 6) is 0.610. The summed E-state index contributed by atoms with van der Waals surface area (Å²) in [5, 5.41) is 6.71. The van der Waals surface area contributed by atoms with Gasteiger partial charge in [0.15, 0.2) is 5.71 Å². The highest BCUT2D eigenvalue weighted by molar-refractivity contribution is 6.45. The minimum absolute atomic E-state index is 0.248. The monoisotopic (exact) mass is 368 g/mol. The average molecular weight is 368 g/mol. The summed E-state index contributed by atoms with van der Waals surface area (Å²) >= 11 is 0. The number of carbonyl (C=O) groups excluding carboxylic acids is 1. The van der Waals surface area contributed by atoms with E-state index < -0.39 is 0 Å². The van der Waals surface area contributed by atoms with Gasteiger partial charge in [0.25, 0.3) is 5.91 Å². The van der Waals surface area contributed by atoms with Crippen molar-refractivity contribution in [1.82, 2.24) is 5.32 Å². The van der Waals surface area contributed by atoms with Crippen molar-refractivity contribution < 1.29 is 14.4 Å². The molecule has 5 nitrogen and oxygen atoms in total. The van der Waals surface area contributed by atoms with Crippen LogP contribution in [0.15, 0.2) is 53.7 Å². The Morgan fingerprint density at radius 1 is 1.04 bits per heavy atom. The third-order valence-corrected chi connectivity index (χ3v) is 4.16. The molecule has 0 aromatic heterocycles. The predicted molar refractivity (Wildman–Crippen MR) is 108 cm³/mol. The summed E-state index contributed by atoms with van der Waals surface area (Å²) < 4.78 is 6.10. The van der Waals surface area contributed by atoms with Gasteiger partial charge in [0, 0.05) is 12.1 Å². The molecule has 0 aliphatic rings. The van der Waals surface area contributed by atoms with E-state index >= 15 is 0 Å². The second-order valence-corrected chi connectivity index (χ2v) is 6.14. The molecule has 1 amide bonds. The lowest BCUT2D eigenvalue weighted by molar-refractivity contribution is -0.114. The van der Waals surface area contributed by atoms with E-state index in [1.807, 2.05) is 49.4 Å². The number of amides is 1. The van der Waals surface area contributed by atoms with Gasteiger partial charge >= 0.3 is 0 Å². The van der Waals surface area contributed by atoms with Crippen LogP contribution >= 0.6 is 0 Å². The van der Waals surface area contributed by atoms with Gasteiger partial charge in [0.1, 0.15) is 19.5 Å². The Hall–Kier alpha value is -2.82. The number of ether oxygens (including phenoxy) is 1. The number of hydrogen-bond acceptors (Lipinski definition) is 4. The molecule has 5 heteroatoms. The van der Waals surface area contributed by atoms with Crippen molar-refractivity contribution in [3.8, 4) is 5.75 Å². The largest absolute Gasteiger partial charge is 0.489 e. The predicted octanol–water partition coefficient (Wildman–Crippen LogP) is 4.09. The number of nitrogens with zero attached hydrogens (tertiary/aromatic N) is 1. The number of rotatable bonds is 10. The molecule has 1 N–H and O–H groups in total. The van der Waals surface area contributed by atoms with Gasteiger partial charge in [-0.3, -0.25) is 4.79 Å². The maximum absolute atomic E-state index is 12.4. The SMILES string of the molecule is CCCCc1ccccc1OCc1ccccc1C(=NOC)C(=O)NCC. The van der Waals surface area contributed by atoms with Crippen molar-refractivity contribution in [1.29, 1.82) is 0 Å². The minimum atomic E-state index is -0.268. The smallest absolute Gasteiger partial charge is 0.273 e. The van der Waals surface area contributed by atoms with Crippen molar-refractivity contribution in [2.24, 2.45) is 5.16 Å². The lowest BCUT2D eigenvalue weighted by Crippen LogP contribution is -2.32. The number of hydrogen-bond donors (Lipinski definition) is 1. The first-order valence-electron chi connectivity index (χ1n) is 9.39. The van der Waals surface area contributed by atoms with Crippen LogP contribution in [0, 0.1) is 0 Å². The number of para-hydroxylation sites is 1. The number of nitrogens with one attached hydrogen (secondary N) is 1. The standard InChI is InChI=1S/C22H28N2O3/c1-4-6-11-17-12-8-10-15-20(17)27-16-18-13-7-9-14-19(18)21(24-26-3)22(25)23-5-2/h7-10,12-15H,4-6,11,16H2,1-3H3,(H,23,25). The number of aryl methyl sites for hydroxylation is 1. The number of oxime groups is 1. The van der Waals surface area contributed by atoms with Crippen molar-refractivity contribution in [3.63, 3.8) is 0 Å². The lowest BCUT2D eigenvalue weighted by Gasteiger charge is -2.14. The van der Waals surface area contributed by atoms with Crippen LogP contribution in [0.4, 0.5) is 0 Å². The Kier molecular flexibility index (Phi) is 8.36. The molecule has 0 saturated carbocycles. The molecule has 0 radical (unpaired) electrons. The Morgan fingerprint density at radius 3 is 2.44 bits per heavy atom. The van der Waals surface area contributed by atoms with E-state index in [1.165, 1.54) is 12.7 Å². The summed E-state index contributed by atoms with van der Waals surface area (Å²) in [5.41, 5.74) is 3.03. The molecule has 2 aromatic rings.